The van der Waals surface area contributed by atoms with Crippen LogP contribution < -0.4 is 5.32 Å². The first kappa shape index (κ1) is 13.8. The Hall–Kier alpha value is -0.610. The zero-order chi connectivity index (χ0) is 13.0. The highest BCUT2D eigenvalue weighted by atomic mass is 16.5. The highest BCUT2D eigenvalue weighted by Crippen LogP contribution is 2.36. The van der Waals surface area contributed by atoms with Crippen molar-refractivity contribution in [2.45, 2.75) is 45.6 Å². The maximum absolute atomic E-state index is 11.9. The summed E-state index contributed by atoms with van der Waals surface area (Å²) in [5, 5.41) is 3.28. The van der Waals surface area contributed by atoms with Crippen LogP contribution in [0.5, 0.6) is 0 Å². The van der Waals surface area contributed by atoms with Gasteiger partial charge in [0.1, 0.15) is 6.10 Å². The minimum Gasteiger partial charge on any atom is -0.461 e. The van der Waals surface area contributed by atoms with Crippen LogP contribution in [0.3, 0.4) is 0 Å². The van der Waals surface area contributed by atoms with Gasteiger partial charge in [0.05, 0.1) is 6.54 Å². The molecule has 0 unspecified atom stereocenters. The van der Waals surface area contributed by atoms with E-state index in [9.17, 15) is 4.79 Å². The van der Waals surface area contributed by atoms with Gasteiger partial charge in [-0.3, -0.25) is 9.69 Å². The lowest BCUT2D eigenvalue weighted by Crippen LogP contribution is -2.46. The van der Waals surface area contributed by atoms with Crippen LogP contribution in [-0.4, -0.2) is 49.7 Å². The lowest BCUT2D eigenvalue weighted by molar-refractivity contribution is -0.153. The topological polar surface area (TPSA) is 41.6 Å². The van der Waals surface area contributed by atoms with Crippen LogP contribution >= 0.6 is 0 Å². The molecule has 1 saturated carbocycles. The fraction of sp³-hybridized carbons (Fsp3) is 0.929. The van der Waals surface area contributed by atoms with Gasteiger partial charge in [-0.1, -0.05) is 13.8 Å². The molecule has 1 heterocycles. The molecule has 18 heavy (non-hydrogen) atoms. The monoisotopic (exact) mass is 254 g/mol. The smallest absolute Gasteiger partial charge is 0.320 e. The Kier molecular flexibility index (Phi) is 4.62. The molecular weight excluding hydrogens is 228 g/mol. The highest BCUT2D eigenvalue weighted by Gasteiger charge is 2.29. The second-order valence-corrected chi connectivity index (χ2v) is 6.38. The molecule has 2 rings (SSSR count). The molecule has 2 aliphatic rings. The van der Waals surface area contributed by atoms with Crippen LogP contribution in [0.2, 0.25) is 0 Å². The largest absolute Gasteiger partial charge is 0.461 e. The number of carbonyl (C=O) groups is 1. The van der Waals surface area contributed by atoms with Crippen molar-refractivity contribution in [1.29, 1.82) is 0 Å². The van der Waals surface area contributed by atoms with E-state index in [1.54, 1.807) is 0 Å². The predicted octanol–water partition coefficient (Wildman–Crippen LogP) is 1.40. The third-order valence-electron chi connectivity index (χ3n) is 4.15. The summed E-state index contributed by atoms with van der Waals surface area (Å²) in [6, 6.07) is 0. The van der Waals surface area contributed by atoms with Crippen molar-refractivity contribution in [3.63, 3.8) is 0 Å². The van der Waals surface area contributed by atoms with Crippen molar-refractivity contribution in [3.8, 4) is 0 Å². The molecule has 104 valence electrons. The fourth-order valence-corrected chi connectivity index (χ4v) is 2.77. The van der Waals surface area contributed by atoms with Gasteiger partial charge in [-0.25, -0.2) is 0 Å². The molecule has 1 aliphatic carbocycles. The fourth-order valence-electron chi connectivity index (χ4n) is 2.77. The molecule has 1 N–H and O–H groups in total. The molecule has 0 amide bonds. The van der Waals surface area contributed by atoms with E-state index in [0.717, 1.165) is 39.0 Å². The molecular formula is C14H26N2O2. The molecule has 0 aromatic rings. The quantitative estimate of drug-likeness (QED) is 0.773. The van der Waals surface area contributed by atoms with Crippen molar-refractivity contribution >= 4 is 5.97 Å². The van der Waals surface area contributed by atoms with Crippen molar-refractivity contribution < 1.29 is 9.53 Å². The number of piperazine rings is 1. The number of rotatable bonds is 3. The van der Waals surface area contributed by atoms with Gasteiger partial charge in [-0.2, -0.15) is 0 Å². The van der Waals surface area contributed by atoms with E-state index in [0.29, 0.717) is 12.0 Å². The Labute approximate surface area is 110 Å². The van der Waals surface area contributed by atoms with Crippen LogP contribution in [0.25, 0.3) is 0 Å². The molecule has 1 saturated heterocycles. The predicted molar refractivity (Wildman–Crippen MR) is 71.4 cm³/mol. The average Bonchev–Trinajstić information content (AvgIpc) is 2.33. The zero-order valence-corrected chi connectivity index (χ0v) is 11.7. The maximum Gasteiger partial charge on any atom is 0.320 e. The first-order valence-electron chi connectivity index (χ1n) is 7.18. The van der Waals surface area contributed by atoms with Gasteiger partial charge in [-0.15, -0.1) is 0 Å². The number of ether oxygens (including phenoxy) is 1. The number of hydrogen-bond donors (Lipinski definition) is 1. The Morgan fingerprint density at radius 1 is 1.28 bits per heavy atom. The van der Waals surface area contributed by atoms with Gasteiger partial charge in [-0.05, 0) is 31.1 Å². The third kappa shape index (κ3) is 4.25. The third-order valence-corrected chi connectivity index (χ3v) is 4.15. The van der Waals surface area contributed by atoms with E-state index in [1.807, 2.05) is 0 Å². The molecule has 0 bridgehead atoms. The highest BCUT2D eigenvalue weighted by molar-refractivity contribution is 5.71. The minimum absolute atomic E-state index is 0.0402. The lowest BCUT2D eigenvalue weighted by atomic mass is 9.76. The number of esters is 1. The Morgan fingerprint density at radius 3 is 2.50 bits per heavy atom. The van der Waals surface area contributed by atoms with Gasteiger partial charge in [0.25, 0.3) is 0 Å². The Morgan fingerprint density at radius 2 is 1.89 bits per heavy atom. The van der Waals surface area contributed by atoms with Crippen molar-refractivity contribution in [2.75, 3.05) is 32.7 Å². The first-order chi connectivity index (χ1) is 8.55. The summed E-state index contributed by atoms with van der Waals surface area (Å²) in [6.07, 6.45) is 4.55. The van der Waals surface area contributed by atoms with Gasteiger partial charge in [0.2, 0.25) is 0 Å². The van der Waals surface area contributed by atoms with Crippen molar-refractivity contribution in [2.24, 2.45) is 5.41 Å². The minimum atomic E-state index is -0.0402. The molecule has 4 nitrogen and oxygen atoms in total. The Bertz CT molecular complexity index is 276. The SMILES string of the molecule is CC1(C)CCC(OC(=O)CN2CCNCC2)CC1. The van der Waals surface area contributed by atoms with Crippen molar-refractivity contribution in [3.05, 3.63) is 0 Å². The molecule has 0 aromatic carbocycles. The van der Waals surface area contributed by atoms with Crippen LogP contribution in [0.1, 0.15) is 39.5 Å². The molecule has 0 spiro atoms. The second kappa shape index (κ2) is 6.02. The van der Waals surface area contributed by atoms with Gasteiger partial charge < -0.3 is 10.1 Å². The van der Waals surface area contributed by atoms with E-state index in [2.05, 4.69) is 24.1 Å². The summed E-state index contributed by atoms with van der Waals surface area (Å²) < 4.78 is 5.59. The number of carbonyl (C=O) groups excluding carboxylic acids is 1. The second-order valence-electron chi connectivity index (χ2n) is 6.38. The zero-order valence-electron chi connectivity index (χ0n) is 11.7. The van der Waals surface area contributed by atoms with Crippen LogP contribution in [0, 0.1) is 5.41 Å². The van der Waals surface area contributed by atoms with Gasteiger partial charge in [0, 0.05) is 26.2 Å². The van der Waals surface area contributed by atoms with Crippen LogP contribution in [0.4, 0.5) is 0 Å². The number of nitrogens with zero attached hydrogens (tertiary/aromatic N) is 1. The van der Waals surface area contributed by atoms with Gasteiger partial charge >= 0.3 is 5.97 Å². The van der Waals surface area contributed by atoms with E-state index in [-0.39, 0.29) is 12.1 Å². The molecule has 0 radical (unpaired) electrons. The van der Waals surface area contributed by atoms with E-state index >= 15 is 0 Å². The number of nitrogens with one attached hydrogen (secondary N) is 1. The normalized spacial score (nSPS) is 25.9. The molecule has 1 aliphatic heterocycles. The molecule has 2 fully saturated rings. The summed E-state index contributed by atoms with van der Waals surface area (Å²) >= 11 is 0. The van der Waals surface area contributed by atoms with E-state index in [4.69, 9.17) is 4.74 Å². The van der Waals surface area contributed by atoms with Crippen LogP contribution in [0.15, 0.2) is 0 Å². The average molecular weight is 254 g/mol. The standard InChI is InChI=1S/C14H26N2O2/c1-14(2)5-3-12(4-6-14)18-13(17)11-16-9-7-15-8-10-16/h12,15H,3-11H2,1-2H3. The van der Waals surface area contributed by atoms with E-state index in [1.165, 1.54) is 12.8 Å². The molecule has 0 atom stereocenters. The molecule has 0 aromatic heterocycles. The van der Waals surface area contributed by atoms with Gasteiger partial charge in [0.15, 0.2) is 0 Å². The van der Waals surface area contributed by atoms with Crippen molar-refractivity contribution in [1.82, 2.24) is 10.2 Å². The van der Waals surface area contributed by atoms with E-state index < -0.39 is 0 Å². The summed E-state index contributed by atoms with van der Waals surface area (Å²) in [7, 11) is 0. The summed E-state index contributed by atoms with van der Waals surface area (Å²) in [6.45, 7) is 8.91. The van der Waals surface area contributed by atoms with Crippen LogP contribution in [-0.2, 0) is 9.53 Å². The number of hydrogen-bond acceptors (Lipinski definition) is 4. The first-order valence-corrected chi connectivity index (χ1v) is 7.18. The Balaban J connectivity index is 1.68. The summed E-state index contributed by atoms with van der Waals surface area (Å²) in [5.41, 5.74) is 0.432. The lowest BCUT2D eigenvalue weighted by Gasteiger charge is -2.34. The summed E-state index contributed by atoms with van der Waals surface area (Å²) in [4.78, 5) is 14.0. The molecule has 4 heteroatoms. The summed E-state index contributed by atoms with van der Waals surface area (Å²) in [5.74, 6) is -0.0402. The maximum atomic E-state index is 11.9.